The van der Waals surface area contributed by atoms with Crippen molar-refractivity contribution < 1.29 is 33.9 Å². The molecule has 11 N–H and O–H groups in total. The number of aliphatic hydroxyl groups excluding tert-OH is 1. The van der Waals surface area contributed by atoms with Crippen LogP contribution in [0.3, 0.4) is 0 Å². The van der Waals surface area contributed by atoms with Crippen LogP contribution in [0.4, 0.5) is 0 Å². The molecule has 0 spiro atoms. The van der Waals surface area contributed by atoms with E-state index in [1.165, 1.54) is 6.92 Å². The second-order valence-electron chi connectivity index (χ2n) is 15.6. The van der Waals surface area contributed by atoms with E-state index in [0.29, 0.717) is 70.4 Å². The number of hydrogen-bond acceptors (Lipinski definition) is 9. The third-order valence-corrected chi connectivity index (χ3v) is 9.45. The molecule has 306 valence electrons. The summed E-state index contributed by atoms with van der Waals surface area (Å²) in [5.74, 6) is -2.41. The molecule has 15 nitrogen and oxygen atoms in total. The molecule has 1 fully saturated rings. The van der Waals surface area contributed by atoms with Crippen LogP contribution in [0.1, 0.15) is 131 Å². The first-order valence-corrected chi connectivity index (χ1v) is 20.0. The zero-order valence-electron chi connectivity index (χ0n) is 33.3. The molecule has 15 heteroatoms. The molecular weight excluding hydrogens is 680 g/mol. The second kappa shape index (κ2) is 26.5. The van der Waals surface area contributed by atoms with Crippen LogP contribution in [0.25, 0.3) is 0 Å². The minimum Gasteiger partial charge on any atom is -0.391 e. The fourth-order valence-corrected chi connectivity index (χ4v) is 6.31. The highest BCUT2D eigenvalue weighted by atomic mass is 16.3. The van der Waals surface area contributed by atoms with Crippen LogP contribution >= 0.6 is 0 Å². The van der Waals surface area contributed by atoms with Crippen LogP contribution in [0.15, 0.2) is 0 Å². The third kappa shape index (κ3) is 20.1. The highest BCUT2D eigenvalue weighted by Crippen LogP contribution is 2.16. The van der Waals surface area contributed by atoms with Crippen molar-refractivity contribution in [3.05, 3.63) is 0 Å². The van der Waals surface area contributed by atoms with Gasteiger partial charge < -0.3 is 48.5 Å². The van der Waals surface area contributed by atoms with Gasteiger partial charge in [0.25, 0.3) is 0 Å². The molecule has 53 heavy (non-hydrogen) atoms. The molecule has 7 atom stereocenters. The van der Waals surface area contributed by atoms with Crippen LogP contribution in [0, 0.1) is 17.8 Å². The van der Waals surface area contributed by atoms with Crippen molar-refractivity contribution in [2.24, 2.45) is 29.2 Å². The van der Waals surface area contributed by atoms with Crippen LogP contribution in [-0.4, -0.2) is 96.5 Å². The standard InChI is InChI=1S/C38H72N8O7/c1-24(2)14-13-15-26(5)23-32(48)42-28(16-7-10-19-39)35(50)43-30-18-9-12-21-41-34(49)31(22-25(3)4)45-36(51)29(17-8-11-20-40)44-38(53)33(27(6)47)46-37(30)52/h24-31,33,47H,7-23,39-40H2,1-6H3,(H,41,49)(H,42,48)(H,43,50)(H,44,53)(H,45,51)(H,46,52)/t26?,27?,28-,29-,30-,31+,33-/m0/s1. The quantitative estimate of drug-likeness (QED) is 0.0811. The van der Waals surface area contributed by atoms with Crippen LogP contribution in [-0.2, 0) is 28.8 Å². The summed E-state index contributed by atoms with van der Waals surface area (Å²) >= 11 is 0. The van der Waals surface area contributed by atoms with Gasteiger partial charge in [-0.2, -0.15) is 0 Å². The highest BCUT2D eigenvalue weighted by molar-refractivity contribution is 5.96. The first-order chi connectivity index (χ1) is 25.1. The molecule has 0 saturated carbocycles. The lowest BCUT2D eigenvalue weighted by molar-refractivity contribution is -0.137. The summed E-state index contributed by atoms with van der Waals surface area (Å²) in [7, 11) is 0. The van der Waals surface area contributed by atoms with Gasteiger partial charge in [-0.1, -0.05) is 53.9 Å². The van der Waals surface area contributed by atoms with E-state index in [0.717, 1.165) is 19.3 Å². The van der Waals surface area contributed by atoms with Gasteiger partial charge in [0.1, 0.15) is 30.2 Å². The molecule has 0 aliphatic carbocycles. The van der Waals surface area contributed by atoms with Crippen molar-refractivity contribution >= 4 is 35.4 Å². The largest absolute Gasteiger partial charge is 0.391 e. The first kappa shape index (κ1) is 47.7. The molecule has 0 bridgehead atoms. The van der Waals surface area contributed by atoms with Crippen LogP contribution in [0.2, 0.25) is 0 Å². The number of nitrogens with one attached hydrogen (secondary N) is 6. The van der Waals surface area contributed by atoms with Crippen molar-refractivity contribution in [3.8, 4) is 0 Å². The zero-order valence-corrected chi connectivity index (χ0v) is 33.3. The molecule has 0 aromatic carbocycles. The highest BCUT2D eigenvalue weighted by Gasteiger charge is 2.34. The van der Waals surface area contributed by atoms with Crippen LogP contribution in [0.5, 0.6) is 0 Å². The van der Waals surface area contributed by atoms with E-state index in [2.05, 4.69) is 45.7 Å². The lowest BCUT2D eigenvalue weighted by Crippen LogP contribution is -2.61. The predicted molar refractivity (Wildman–Crippen MR) is 206 cm³/mol. The Balaban J connectivity index is 3.31. The summed E-state index contributed by atoms with van der Waals surface area (Å²) in [6, 6.07) is -5.38. The topological polar surface area (TPSA) is 247 Å². The fourth-order valence-electron chi connectivity index (χ4n) is 6.31. The Labute approximate surface area is 317 Å². The summed E-state index contributed by atoms with van der Waals surface area (Å²) in [4.78, 5) is 80.9. The van der Waals surface area contributed by atoms with E-state index in [-0.39, 0.29) is 49.5 Å². The average molecular weight is 753 g/mol. The molecule has 0 radical (unpaired) electrons. The van der Waals surface area contributed by atoms with Gasteiger partial charge in [0.2, 0.25) is 35.4 Å². The normalized spacial score (nSPS) is 22.6. The van der Waals surface area contributed by atoms with Crippen molar-refractivity contribution in [2.45, 2.75) is 168 Å². The van der Waals surface area contributed by atoms with Gasteiger partial charge >= 0.3 is 0 Å². The van der Waals surface area contributed by atoms with E-state index < -0.39 is 59.9 Å². The number of aliphatic hydroxyl groups is 1. The first-order valence-electron chi connectivity index (χ1n) is 20.0. The monoisotopic (exact) mass is 753 g/mol. The fraction of sp³-hybridized carbons (Fsp3) is 0.842. The number of amides is 6. The summed E-state index contributed by atoms with van der Waals surface area (Å²) in [6.07, 6.45) is 6.18. The molecule has 1 aliphatic rings. The van der Waals surface area contributed by atoms with E-state index in [9.17, 15) is 33.9 Å². The van der Waals surface area contributed by atoms with Gasteiger partial charge in [0.15, 0.2) is 0 Å². The molecule has 1 heterocycles. The molecule has 1 aliphatic heterocycles. The Morgan fingerprint density at radius 1 is 0.755 bits per heavy atom. The van der Waals surface area contributed by atoms with E-state index in [4.69, 9.17) is 11.5 Å². The molecule has 0 aromatic rings. The molecular formula is C38H72N8O7. The Morgan fingerprint density at radius 3 is 2.04 bits per heavy atom. The molecule has 1 rings (SSSR count). The summed E-state index contributed by atoms with van der Waals surface area (Å²) < 4.78 is 0. The minimum atomic E-state index is -1.45. The van der Waals surface area contributed by atoms with E-state index >= 15 is 0 Å². The Hall–Kier alpha value is -3.30. The number of carbonyl (C=O) groups is 6. The minimum absolute atomic E-state index is 0.0863. The number of hydrogen-bond donors (Lipinski definition) is 9. The smallest absolute Gasteiger partial charge is 0.245 e. The van der Waals surface area contributed by atoms with Gasteiger partial charge in [-0.3, -0.25) is 28.8 Å². The summed E-state index contributed by atoms with van der Waals surface area (Å²) in [6.45, 7) is 12.6. The second-order valence-corrected chi connectivity index (χ2v) is 15.6. The maximum Gasteiger partial charge on any atom is 0.245 e. The van der Waals surface area contributed by atoms with Gasteiger partial charge in [-0.05, 0) is 102 Å². The Bertz CT molecular complexity index is 1140. The molecule has 6 amide bonds. The van der Waals surface area contributed by atoms with Gasteiger partial charge in [0.05, 0.1) is 6.10 Å². The summed E-state index contributed by atoms with van der Waals surface area (Å²) in [5, 5.41) is 27.2. The zero-order chi connectivity index (χ0) is 39.9. The predicted octanol–water partition coefficient (Wildman–Crippen LogP) is 1.25. The maximum atomic E-state index is 13.8. The number of nitrogens with two attached hydrogens (primary N) is 2. The number of rotatable bonds is 20. The van der Waals surface area contributed by atoms with E-state index in [1.54, 1.807) is 0 Å². The number of carbonyl (C=O) groups excluding carboxylic acids is 6. The van der Waals surface area contributed by atoms with Gasteiger partial charge in [-0.15, -0.1) is 0 Å². The summed E-state index contributed by atoms with van der Waals surface area (Å²) in [5.41, 5.74) is 11.4. The van der Waals surface area contributed by atoms with Crippen molar-refractivity contribution in [1.29, 1.82) is 0 Å². The lowest BCUT2D eigenvalue weighted by atomic mass is 9.96. The van der Waals surface area contributed by atoms with Crippen molar-refractivity contribution in [3.63, 3.8) is 0 Å². The van der Waals surface area contributed by atoms with Gasteiger partial charge in [-0.25, -0.2) is 0 Å². The van der Waals surface area contributed by atoms with Crippen LogP contribution < -0.4 is 43.4 Å². The maximum absolute atomic E-state index is 13.8. The number of unbranched alkanes of at least 4 members (excludes halogenated alkanes) is 2. The van der Waals surface area contributed by atoms with E-state index in [1.807, 2.05) is 20.8 Å². The molecule has 1 saturated heterocycles. The molecule has 2 unspecified atom stereocenters. The molecule has 0 aromatic heterocycles. The van der Waals surface area contributed by atoms with Gasteiger partial charge in [0, 0.05) is 13.0 Å². The Morgan fingerprint density at radius 2 is 1.42 bits per heavy atom. The lowest BCUT2D eigenvalue weighted by Gasteiger charge is -2.29. The van der Waals surface area contributed by atoms with Crippen molar-refractivity contribution in [1.82, 2.24) is 31.9 Å². The average Bonchev–Trinajstić information content (AvgIpc) is 3.07. The SMILES string of the molecule is CC(C)CCCC(C)CC(=O)N[C@@H](CCCCN)C(=O)N[C@H]1CCCCNC(=O)[C@@H](CC(C)C)NC(=O)[C@H](CCCCN)NC(=O)[C@H](C(C)O)NC1=O. The Kier molecular flexibility index (Phi) is 23.8. The third-order valence-electron chi connectivity index (χ3n) is 9.45. The van der Waals surface area contributed by atoms with Crippen molar-refractivity contribution in [2.75, 3.05) is 19.6 Å².